The van der Waals surface area contributed by atoms with Crippen LogP contribution < -0.4 is 15.0 Å². The van der Waals surface area contributed by atoms with Gasteiger partial charge in [-0.2, -0.15) is 0 Å². The van der Waals surface area contributed by atoms with Crippen molar-refractivity contribution in [2.45, 2.75) is 62.8 Å². The molecule has 4 heterocycles. The fraction of sp³-hybridized carbons (Fsp3) is 0.464. The van der Waals surface area contributed by atoms with Crippen LogP contribution in [0.4, 0.5) is 0 Å². The van der Waals surface area contributed by atoms with Crippen molar-refractivity contribution < 1.29 is 14.2 Å². The van der Waals surface area contributed by atoms with Crippen LogP contribution in [0, 0.1) is 0 Å². The Balaban J connectivity index is 1.16. The van der Waals surface area contributed by atoms with Crippen LogP contribution in [0.15, 0.2) is 59.5 Å². The molecule has 6 rings (SSSR count). The van der Waals surface area contributed by atoms with E-state index < -0.39 is 0 Å². The molecule has 0 unspecified atom stereocenters. The highest BCUT2D eigenvalue weighted by Crippen LogP contribution is 2.36. The van der Waals surface area contributed by atoms with Gasteiger partial charge in [-0.3, -0.25) is 9.36 Å². The van der Waals surface area contributed by atoms with Gasteiger partial charge in [0.25, 0.3) is 5.56 Å². The predicted octanol–water partition coefficient (Wildman–Crippen LogP) is 4.55. The van der Waals surface area contributed by atoms with E-state index in [2.05, 4.69) is 11.9 Å². The number of hydrogen-bond acceptors (Lipinski definition) is 5. The summed E-state index contributed by atoms with van der Waals surface area (Å²) in [7, 11) is 2.24. The Morgan fingerprint density at radius 2 is 1.74 bits per heavy atom. The molecule has 1 aromatic heterocycles. The zero-order valence-electron chi connectivity index (χ0n) is 19.7. The summed E-state index contributed by atoms with van der Waals surface area (Å²) in [5.74, 6) is 1.64. The number of benzene rings is 2. The second kappa shape index (κ2) is 9.08. The highest BCUT2D eigenvalue weighted by Gasteiger charge is 2.39. The molecule has 3 saturated heterocycles. The van der Waals surface area contributed by atoms with Crippen LogP contribution in [0.25, 0.3) is 16.5 Å². The quantitative estimate of drug-likeness (QED) is 0.540. The molecular formula is C28H32N2O4. The van der Waals surface area contributed by atoms with E-state index >= 15 is 0 Å². The second-order valence-electron chi connectivity index (χ2n) is 9.94. The lowest BCUT2D eigenvalue weighted by Gasteiger charge is -2.36. The summed E-state index contributed by atoms with van der Waals surface area (Å²) in [6.07, 6.45) is 9.18. The zero-order valence-corrected chi connectivity index (χ0v) is 19.7. The zero-order chi connectivity index (χ0) is 23.1. The van der Waals surface area contributed by atoms with E-state index in [1.807, 2.05) is 54.7 Å². The Labute approximate surface area is 200 Å². The number of pyridine rings is 1. The third-order valence-corrected chi connectivity index (χ3v) is 7.81. The van der Waals surface area contributed by atoms with E-state index in [0.717, 1.165) is 54.9 Å². The van der Waals surface area contributed by atoms with Crippen molar-refractivity contribution in [2.24, 2.45) is 0 Å². The van der Waals surface area contributed by atoms with Crippen LogP contribution in [0.2, 0.25) is 0 Å². The number of ether oxygens (including phenoxy) is 3. The van der Waals surface area contributed by atoms with Crippen molar-refractivity contribution in [1.29, 1.82) is 0 Å². The topological polar surface area (TPSA) is 52.9 Å². The van der Waals surface area contributed by atoms with Gasteiger partial charge in [-0.1, -0.05) is 0 Å². The average molecular weight is 461 g/mol. The smallest absolute Gasteiger partial charge is 0.262 e. The lowest BCUT2D eigenvalue weighted by molar-refractivity contribution is 0.0661. The molecule has 178 valence electrons. The molecule has 6 nitrogen and oxygen atoms in total. The van der Waals surface area contributed by atoms with Crippen LogP contribution in [0.1, 0.15) is 38.5 Å². The normalized spacial score (nSPS) is 26.7. The fourth-order valence-electron chi connectivity index (χ4n) is 5.82. The Bertz CT molecular complexity index is 1200. The number of aromatic nitrogens is 1. The molecule has 2 bridgehead atoms. The third-order valence-electron chi connectivity index (χ3n) is 7.81. The van der Waals surface area contributed by atoms with Crippen LogP contribution in [-0.2, 0) is 4.74 Å². The number of hydrogen-bond donors (Lipinski definition) is 0. The number of fused-ring (bicyclic) bond motifs is 3. The summed E-state index contributed by atoms with van der Waals surface area (Å²) in [5.41, 5.74) is 0.796. The van der Waals surface area contributed by atoms with Crippen molar-refractivity contribution in [3.63, 3.8) is 0 Å². The van der Waals surface area contributed by atoms with Gasteiger partial charge in [-0.25, -0.2) is 0 Å². The van der Waals surface area contributed by atoms with Crippen LogP contribution in [0.3, 0.4) is 0 Å². The third kappa shape index (κ3) is 4.21. The highest BCUT2D eigenvalue weighted by atomic mass is 16.5. The maximum Gasteiger partial charge on any atom is 0.262 e. The van der Waals surface area contributed by atoms with Gasteiger partial charge in [-0.15, -0.1) is 0 Å². The van der Waals surface area contributed by atoms with Gasteiger partial charge in [0, 0.05) is 36.0 Å². The molecule has 3 aliphatic rings. The number of rotatable bonds is 6. The summed E-state index contributed by atoms with van der Waals surface area (Å²) in [4.78, 5) is 15.7. The number of piperidine rings is 1. The predicted molar refractivity (Wildman–Crippen MR) is 132 cm³/mol. The van der Waals surface area contributed by atoms with Crippen LogP contribution in [-0.4, -0.2) is 54.0 Å². The molecule has 6 heteroatoms. The molecule has 3 fully saturated rings. The average Bonchev–Trinajstić information content (AvgIpc) is 3.43. The molecule has 0 N–H and O–H groups in total. The largest absolute Gasteiger partial charge is 0.491 e. The van der Waals surface area contributed by atoms with E-state index in [0.29, 0.717) is 24.1 Å². The Kier molecular flexibility index (Phi) is 5.79. The minimum atomic E-state index is -0.0382. The number of nitrogens with zero attached hydrogens (tertiary/aromatic N) is 2. The summed E-state index contributed by atoms with van der Waals surface area (Å²) in [5, 5.41) is 1.55. The van der Waals surface area contributed by atoms with Gasteiger partial charge in [0.2, 0.25) is 0 Å². The molecule has 0 spiro atoms. The first-order chi connectivity index (χ1) is 16.6. The summed E-state index contributed by atoms with van der Waals surface area (Å²) >= 11 is 0. The summed E-state index contributed by atoms with van der Waals surface area (Å²) in [6.45, 7) is 1.37. The maximum absolute atomic E-state index is 13.2. The maximum atomic E-state index is 13.2. The lowest BCUT2D eigenvalue weighted by atomic mass is 10.0. The van der Waals surface area contributed by atoms with E-state index in [4.69, 9.17) is 14.2 Å². The van der Waals surface area contributed by atoms with Gasteiger partial charge in [-0.05, 0) is 99.5 Å². The SMILES string of the molecule is CN1[C@@H]2CC[C@H]1C[C@@H](Oc1ccc(-n3ccc4cc(OC[C@@H]5CCCO5)ccc4c3=O)cc1)C2. The molecule has 0 radical (unpaired) electrons. The molecule has 2 aromatic carbocycles. The van der Waals surface area contributed by atoms with Crippen molar-refractivity contribution in [1.82, 2.24) is 9.47 Å². The minimum Gasteiger partial charge on any atom is -0.491 e. The van der Waals surface area contributed by atoms with E-state index in [1.54, 1.807) is 4.57 Å². The van der Waals surface area contributed by atoms with Crippen molar-refractivity contribution in [3.8, 4) is 17.2 Å². The molecular weight excluding hydrogens is 428 g/mol. The van der Waals surface area contributed by atoms with E-state index in [1.165, 1.54) is 12.8 Å². The Morgan fingerprint density at radius 3 is 2.47 bits per heavy atom. The summed E-state index contributed by atoms with van der Waals surface area (Å²) < 4.78 is 19.5. The van der Waals surface area contributed by atoms with Crippen LogP contribution in [0.5, 0.6) is 11.5 Å². The van der Waals surface area contributed by atoms with Gasteiger partial charge in [0.15, 0.2) is 0 Å². The van der Waals surface area contributed by atoms with E-state index in [-0.39, 0.29) is 17.8 Å². The Morgan fingerprint density at radius 1 is 0.971 bits per heavy atom. The molecule has 4 atom stereocenters. The summed E-state index contributed by atoms with van der Waals surface area (Å²) in [6, 6.07) is 16.8. The van der Waals surface area contributed by atoms with Crippen molar-refractivity contribution in [3.05, 3.63) is 65.1 Å². The van der Waals surface area contributed by atoms with Gasteiger partial charge in [0.05, 0.1) is 6.10 Å². The molecule has 0 aliphatic carbocycles. The highest BCUT2D eigenvalue weighted by molar-refractivity contribution is 5.83. The van der Waals surface area contributed by atoms with Crippen molar-refractivity contribution >= 4 is 10.8 Å². The fourth-order valence-corrected chi connectivity index (χ4v) is 5.82. The molecule has 0 amide bonds. The first kappa shape index (κ1) is 21.7. The standard InChI is InChI=1S/C28H32N2O4/c1-29-21-4-5-22(29)17-26(16-21)34-23-8-6-20(7-9-23)30-13-12-19-15-24(10-11-27(19)28(30)31)33-18-25-3-2-14-32-25/h6-13,15,21-22,25-26H,2-5,14,16-18H2,1H3/t21-,22+,25-,26+/m0/s1. The second-order valence-corrected chi connectivity index (χ2v) is 9.94. The van der Waals surface area contributed by atoms with Gasteiger partial charge >= 0.3 is 0 Å². The molecule has 0 saturated carbocycles. The first-order valence-corrected chi connectivity index (χ1v) is 12.5. The molecule has 3 aliphatic heterocycles. The van der Waals surface area contributed by atoms with Crippen LogP contribution >= 0.6 is 0 Å². The van der Waals surface area contributed by atoms with Gasteiger partial charge in [0.1, 0.15) is 24.2 Å². The lowest BCUT2D eigenvalue weighted by Crippen LogP contribution is -2.43. The van der Waals surface area contributed by atoms with Crippen molar-refractivity contribution in [2.75, 3.05) is 20.3 Å². The minimum absolute atomic E-state index is 0.0382. The first-order valence-electron chi connectivity index (χ1n) is 12.5. The Hall–Kier alpha value is -2.83. The molecule has 3 aromatic rings. The van der Waals surface area contributed by atoms with Gasteiger partial charge < -0.3 is 19.1 Å². The monoisotopic (exact) mass is 460 g/mol. The van der Waals surface area contributed by atoms with E-state index in [9.17, 15) is 4.79 Å². The molecule has 34 heavy (non-hydrogen) atoms.